The number of halogens is 3. The zero-order valence-electron chi connectivity index (χ0n) is 23.0. The first-order valence-electron chi connectivity index (χ1n) is 13.6. The van der Waals surface area contributed by atoms with Crippen LogP contribution in [0.15, 0.2) is 59.6 Å². The third-order valence-corrected chi connectivity index (χ3v) is 7.70. The summed E-state index contributed by atoms with van der Waals surface area (Å²) in [7, 11) is 3.07. The monoisotopic (exact) mass is 570 g/mol. The van der Waals surface area contributed by atoms with Crippen molar-refractivity contribution in [1.29, 1.82) is 0 Å². The van der Waals surface area contributed by atoms with Gasteiger partial charge in [0.25, 0.3) is 5.56 Å². The smallest absolute Gasteiger partial charge is 0.417 e. The first-order chi connectivity index (χ1) is 19.7. The quantitative estimate of drug-likeness (QED) is 0.270. The Labute approximate surface area is 236 Å². The second-order valence-corrected chi connectivity index (χ2v) is 10.2. The summed E-state index contributed by atoms with van der Waals surface area (Å²) in [5.74, 6) is 1.24. The highest BCUT2D eigenvalue weighted by atomic mass is 19.4. The molecule has 2 aromatic carbocycles. The highest BCUT2D eigenvalue weighted by Gasteiger charge is 2.36. The van der Waals surface area contributed by atoms with E-state index < -0.39 is 17.3 Å². The molecule has 5 rings (SSSR count). The average molecular weight is 571 g/mol. The Balaban J connectivity index is 1.61. The molecule has 2 aliphatic heterocycles. The number of pyridine rings is 1. The zero-order valence-corrected chi connectivity index (χ0v) is 23.0. The largest absolute Gasteiger partial charge is 0.499 e. The molecule has 1 saturated heterocycles. The second kappa shape index (κ2) is 11.9. The lowest BCUT2D eigenvalue weighted by Crippen LogP contribution is -2.24. The molecule has 0 amide bonds. The van der Waals surface area contributed by atoms with Gasteiger partial charge in [-0.15, -0.1) is 0 Å². The van der Waals surface area contributed by atoms with E-state index in [-0.39, 0.29) is 30.3 Å². The standard InChI is InChI=1S/C31H33F3N2O5/c1-39-23-14-21(15-24(17-23)40-2)25-18-27(30(38)36-9-3-4-29(25)36)26-16-22(5-6-28(26)31(32,33)34)35-10-7-20(19-35)8-12-41-13-11-37/h5-6,8,12,14-18,20,37H,3-4,7,9-11,13,19H2,1-2H3/b12-8+. The van der Waals surface area contributed by atoms with Crippen molar-refractivity contribution in [2.24, 2.45) is 5.92 Å². The van der Waals surface area contributed by atoms with Gasteiger partial charge in [0.2, 0.25) is 0 Å². The molecule has 7 nitrogen and oxygen atoms in total. The minimum absolute atomic E-state index is 0.00894. The fraction of sp³-hybridized carbons (Fsp3) is 0.387. The Hall–Kier alpha value is -3.92. The fourth-order valence-electron chi connectivity index (χ4n) is 5.68. The maximum absolute atomic E-state index is 14.3. The lowest BCUT2D eigenvalue weighted by molar-refractivity contribution is -0.137. The van der Waals surface area contributed by atoms with Crippen LogP contribution in [-0.4, -0.2) is 50.2 Å². The van der Waals surface area contributed by atoms with Crippen LogP contribution in [0.2, 0.25) is 0 Å². The van der Waals surface area contributed by atoms with Crippen LogP contribution in [0, 0.1) is 5.92 Å². The Bertz CT molecular complexity index is 1480. The molecule has 41 heavy (non-hydrogen) atoms. The van der Waals surface area contributed by atoms with Crippen LogP contribution in [0.3, 0.4) is 0 Å². The van der Waals surface area contributed by atoms with Crippen molar-refractivity contribution < 1.29 is 32.5 Å². The summed E-state index contributed by atoms with van der Waals surface area (Å²) in [5, 5.41) is 8.87. The number of benzene rings is 2. The van der Waals surface area contributed by atoms with E-state index in [0.29, 0.717) is 54.4 Å². The van der Waals surface area contributed by atoms with Crippen molar-refractivity contribution in [2.45, 2.75) is 32.0 Å². The van der Waals surface area contributed by atoms with Gasteiger partial charge in [0.1, 0.15) is 18.1 Å². The summed E-state index contributed by atoms with van der Waals surface area (Å²) >= 11 is 0. The zero-order chi connectivity index (χ0) is 29.1. The molecule has 3 heterocycles. The van der Waals surface area contributed by atoms with E-state index in [1.54, 1.807) is 35.1 Å². The molecule has 0 spiro atoms. The number of alkyl halides is 3. The SMILES string of the molecule is COc1cc(OC)cc(-c2cc(-c3cc(N4CCC(/C=C/OCCO)C4)ccc3C(F)(F)F)c(=O)n3c2CCC3)c1. The molecule has 2 aliphatic rings. The molecular weight excluding hydrogens is 537 g/mol. The maximum atomic E-state index is 14.3. The number of hydrogen-bond acceptors (Lipinski definition) is 6. The lowest BCUT2D eigenvalue weighted by atomic mass is 9.94. The Kier molecular flexibility index (Phi) is 8.30. The van der Waals surface area contributed by atoms with Gasteiger partial charge in [0.05, 0.1) is 32.7 Å². The Morgan fingerprint density at radius 1 is 1.00 bits per heavy atom. The molecule has 218 valence electrons. The van der Waals surface area contributed by atoms with E-state index in [1.807, 2.05) is 11.0 Å². The number of aromatic nitrogens is 1. The predicted molar refractivity (Wildman–Crippen MR) is 150 cm³/mol. The number of aliphatic hydroxyl groups is 1. The van der Waals surface area contributed by atoms with Crippen LogP contribution in [-0.2, 0) is 23.9 Å². The highest BCUT2D eigenvalue weighted by molar-refractivity contribution is 5.79. The van der Waals surface area contributed by atoms with Crippen LogP contribution < -0.4 is 19.9 Å². The van der Waals surface area contributed by atoms with Gasteiger partial charge < -0.3 is 28.8 Å². The van der Waals surface area contributed by atoms with Crippen molar-refractivity contribution in [1.82, 2.24) is 4.57 Å². The van der Waals surface area contributed by atoms with Gasteiger partial charge in [-0.1, -0.05) is 0 Å². The maximum Gasteiger partial charge on any atom is 0.417 e. The molecular formula is C31H33F3N2O5. The summed E-state index contributed by atoms with van der Waals surface area (Å²) in [5.41, 5.74) is 1.39. The third kappa shape index (κ3) is 5.93. The number of methoxy groups -OCH3 is 2. The minimum Gasteiger partial charge on any atom is -0.499 e. The molecule has 10 heteroatoms. The lowest BCUT2D eigenvalue weighted by Gasteiger charge is -2.22. The van der Waals surface area contributed by atoms with Crippen molar-refractivity contribution in [3.63, 3.8) is 0 Å². The van der Waals surface area contributed by atoms with E-state index in [2.05, 4.69) is 0 Å². The summed E-state index contributed by atoms with van der Waals surface area (Å²) in [6, 6.07) is 11.0. The van der Waals surface area contributed by atoms with Gasteiger partial charge in [-0.25, -0.2) is 0 Å². The van der Waals surface area contributed by atoms with Crippen molar-refractivity contribution in [3.8, 4) is 33.8 Å². The minimum atomic E-state index is -4.65. The van der Waals surface area contributed by atoms with Gasteiger partial charge in [-0.2, -0.15) is 13.2 Å². The van der Waals surface area contributed by atoms with Crippen molar-refractivity contribution in [3.05, 3.63) is 76.4 Å². The van der Waals surface area contributed by atoms with Crippen LogP contribution in [0.5, 0.6) is 11.5 Å². The number of nitrogens with zero attached hydrogens (tertiary/aromatic N) is 2. The summed E-state index contributed by atoms with van der Waals surface area (Å²) in [6.07, 6.45) is 0.985. The highest BCUT2D eigenvalue weighted by Crippen LogP contribution is 2.41. The van der Waals surface area contributed by atoms with Gasteiger partial charge in [0.15, 0.2) is 0 Å². The van der Waals surface area contributed by atoms with E-state index >= 15 is 0 Å². The molecule has 0 radical (unpaired) electrons. The van der Waals surface area contributed by atoms with Crippen molar-refractivity contribution >= 4 is 5.69 Å². The summed E-state index contributed by atoms with van der Waals surface area (Å²) in [4.78, 5) is 15.7. The molecule has 3 aromatic rings. The molecule has 0 aliphatic carbocycles. The topological polar surface area (TPSA) is 73.2 Å². The first-order valence-corrected chi connectivity index (χ1v) is 13.6. The number of aliphatic hydroxyl groups excluding tert-OH is 1. The molecule has 1 fully saturated rings. The molecule has 1 unspecified atom stereocenters. The van der Waals surface area contributed by atoms with Crippen LogP contribution in [0.4, 0.5) is 18.9 Å². The molecule has 0 bridgehead atoms. The normalized spacial score (nSPS) is 16.8. The van der Waals surface area contributed by atoms with E-state index in [1.165, 1.54) is 26.4 Å². The van der Waals surface area contributed by atoms with E-state index in [9.17, 15) is 18.0 Å². The number of anilines is 1. The van der Waals surface area contributed by atoms with Crippen molar-refractivity contribution in [2.75, 3.05) is 45.4 Å². The fourth-order valence-corrected chi connectivity index (χ4v) is 5.68. The predicted octanol–water partition coefficient (Wildman–Crippen LogP) is 5.51. The molecule has 1 N–H and O–H groups in total. The van der Waals surface area contributed by atoms with Crippen LogP contribution in [0.25, 0.3) is 22.3 Å². The van der Waals surface area contributed by atoms with Gasteiger partial charge >= 0.3 is 6.18 Å². The average Bonchev–Trinajstić information content (AvgIpc) is 3.65. The van der Waals surface area contributed by atoms with Gasteiger partial charge in [-0.3, -0.25) is 4.79 Å². The summed E-state index contributed by atoms with van der Waals surface area (Å²) in [6.45, 7) is 1.82. The second-order valence-electron chi connectivity index (χ2n) is 10.2. The van der Waals surface area contributed by atoms with E-state index in [4.69, 9.17) is 19.3 Å². The number of rotatable bonds is 9. The Morgan fingerprint density at radius 2 is 1.76 bits per heavy atom. The number of hydrogen-bond donors (Lipinski definition) is 1. The third-order valence-electron chi connectivity index (χ3n) is 7.70. The number of fused-ring (bicyclic) bond motifs is 1. The first kappa shape index (κ1) is 28.6. The number of ether oxygens (including phenoxy) is 3. The molecule has 0 saturated carbocycles. The summed E-state index contributed by atoms with van der Waals surface area (Å²) < 4.78 is 60.7. The van der Waals surface area contributed by atoms with Gasteiger partial charge in [0, 0.05) is 53.8 Å². The molecule has 1 aromatic heterocycles. The van der Waals surface area contributed by atoms with Crippen LogP contribution in [0.1, 0.15) is 24.1 Å². The van der Waals surface area contributed by atoms with Crippen LogP contribution >= 0.6 is 0 Å². The van der Waals surface area contributed by atoms with Gasteiger partial charge in [-0.05, 0) is 73.2 Å². The Morgan fingerprint density at radius 3 is 2.44 bits per heavy atom. The van der Waals surface area contributed by atoms with E-state index in [0.717, 1.165) is 24.6 Å². The molecule has 1 atom stereocenters.